The third-order valence-electron chi connectivity index (χ3n) is 4.36. The first-order valence-electron chi connectivity index (χ1n) is 7.32. The highest BCUT2D eigenvalue weighted by Gasteiger charge is 2.38. The molecular formula is C17H22O4. The zero-order chi connectivity index (χ0) is 15.4. The van der Waals surface area contributed by atoms with Crippen LogP contribution in [0, 0.1) is 5.92 Å². The van der Waals surface area contributed by atoms with Gasteiger partial charge in [0.2, 0.25) is 0 Å². The second kappa shape index (κ2) is 4.67. The summed E-state index contributed by atoms with van der Waals surface area (Å²) < 4.78 is 17.5. The van der Waals surface area contributed by atoms with E-state index in [1.807, 2.05) is 45.9 Å². The van der Waals surface area contributed by atoms with Crippen LogP contribution in [0.2, 0.25) is 0 Å². The van der Waals surface area contributed by atoms with E-state index in [9.17, 15) is 5.11 Å². The summed E-state index contributed by atoms with van der Waals surface area (Å²) in [5, 5.41) is 10.6. The zero-order valence-corrected chi connectivity index (χ0v) is 13.1. The monoisotopic (exact) mass is 290 g/mol. The fourth-order valence-electron chi connectivity index (χ4n) is 2.88. The molecule has 4 nitrogen and oxygen atoms in total. The first-order chi connectivity index (χ1) is 9.84. The van der Waals surface area contributed by atoms with Gasteiger partial charge in [0.05, 0.1) is 24.3 Å². The highest BCUT2D eigenvalue weighted by atomic mass is 16.5. The van der Waals surface area contributed by atoms with Gasteiger partial charge in [0.25, 0.3) is 0 Å². The summed E-state index contributed by atoms with van der Waals surface area (Å²) in [7, 11) is 1.60. The Labute approximate surface area is 125 Å². The lowest BCUT2D eigenvalue weighted by Gasteiger charge is -2.37. The van der Waals surface area contributed by atoms with E-state index in [1.165, 1.54) is 0 Å². The number of rotatable bonds is 1. The lowest BCUT2D eigenvalue weighted by Crippen LogP contribution is -2.34. The molecule has 0 radical (unpaired) electrons. The smallest absolute Gasteiger partial charge is 0.140 e. The Hall–Kier alpha value is -1.68. The van der Waals surface area contributed by atoms with Gasteiger partial charge in [0, 0.05) is 12.0 Å². The van der Waals surface area contributed by atoms with Crippen molar-refractivity contribution in [1.29, 1.82) is 0 Å². The van der Waals surface area contributed by atoms with Crippen LogP contribution in [-0.4, -0.2) is 23.9 Å². The van der Waals surface area contributed by atoms with Gasteiger partial charge in [-0.05, 0) is 32.9 Å². The maximum absolute atomic E-state index is 10.6. The van der Waals surface area contributed by atoms with Gasteiger partial charge in [-0.3, -0.25) is 0 Å². The lowest BCUT2D eigenvalue weighted by atomic mass is 9.87. The van der Waals surface area contributed by atoms with Crippen molar-refractivity contribution in [1.82, 2.24) is 0 Å². The second-order valence-electron chi connectivity index (χ2n) is 6.40. The largest absolute Gasteiger partial charge is 0.496 e. The lowest BCUT2D eigenvalue weighted by molar-refractivity contribution is 0.0148. The summed E-state index contributed by atoms with van der Waals surface area (Å²) in [5.41, 5.74) is 1.23. The first-order valence-corrected chi connectivity index (χ1v) is 7.32. The molecule has 0 bridgehead atoms. The molecule has 0 saturated heterocycles. The normalized spacial score (nSPS) is 29.0. The average molecular weight is 290 g/mol. The van der Waals surface area contributed by atoms with Crippen LogP contribution in [0.3, 0.4) is 0 Å². The van der Waals surface area contributed by atoms with E-state index in [1.54, 1.807) is 7.11 Å². The van der Waals surface area contributed by atoms with Crippen LogP contribution in [0.5, 0.6) is 17.2 Å². The molecule has 2 aliphatic heterocycles. The third kappa shape index (κ3) is 2.18. The molecule has 3 atom stereocenters. The van der Waals surface area contributed by atoms with Gasteiger partial charge in [-0.2, -0.15) is 0 Å². The molecule has 0 aliphatic carbocycles. The number of fused-ring (bicyclic) bond motifs is 3. The molecule has 2 heterocycles. The summed E-state index contributed by atoms with van der Waals surface area (Å²) in [6, 6.07) is 1.84. The van der Waals surface area contributed by atoms with Crippen molar-refractivity contribution >= 4 is 6.08 Å². The maximum atomic E-state index is 10.6. The Morgan fingerprint density at radius 1 is 1.29 bits per heavy atom. The molecule has 1 aromatic carbocycles. The van der Waals surface area contributed by atoms with E-state index in [0.717, 1.165) is 16.9 Å². The molecule has 0 amide bonds. The predicted molar refractivity (Wildman–Crippen MR) is 80.9 cm³/mol. The number of aliphatic hydroxyl groups excluding tert-OH is 1. The summed E-state index contributed by atoms with van der Waals surface area (Å²) in [6.45, 7) is 7.95. The Balaban J connectivity index is 2.22. The Kier molecular flexibility index (Phi) is 3.17. The van der Waals surface area contributed by atoms with Crippen molar-refractivity contribution in [3.63, 3.8) is 0 Å². The van der Waals surface area contributed by atoms with Gasteiger partial charge in [-0.15, -0.1) is 0 Å². The van der Waals surface area contributed by atoms with Gasteiger partial charge in [0.15, 0.2) is 0 Å². The standard InChI is InChI=1S/C17H22O4/c1-9-10(2)20-16-11-6-7-17(3,4)21-12(11)8-13(19-5)14(16)15(9)18/h6-10,15,18H,1-5H3/t9-,10-,15+/m1/s1. The Morgan fingerprint density at radius 3 is 2.67 bits per heavy atom. The van der Waals surface area contributed by atoms with Crippen LogP contribution >= 0.6 is 0 Å². The minimum Gasteiger partial charge on any atom is -0.496 e. The van der Waals surface area contributed by atoms with Crippen LogP contribution in [0.15, 0.2) is 12.1 Å². The van der Waals surface area contributed by atoms with Gasteiger partial charge in [-0.25, -0.2) is 0 Å². The van der Waals surface area contributed by atoms with E-state index >= 15 is 0 Å². The van der Waals surface area contributed by atoms with Crippen LogP contribution < -0.4 is 14.2 Å². The zero-order valence-electron chi connectivity index (χ0n) is 13.1. The molecule has 21 heavy (non-hydrogen) atoms. The second-order valence-corrected chi connectivity index (χ2v) is 6.40. The van der Waals surface area contributed by atoms with Gasteiger partial charge in [-0.1, -0.05) is 6.92 Å². The van der Waals surface area contributed by atoms with E-state index in [0.29, 0.717) is 11.5 Å². The minimum atomic E-state index is -0.604. The Morgan fingerprint density at radius 2 is 2.00 bits per heavy atom. The molecule has 2 aliphatic rings. The fraction of sp³-hybridized carbons (Fsp3) is 0.529. The SMILES string of the molecule is COc1cc2c(c3c1[C@@H](O)[C@H](C)[C@@H](C)O3)C=CC(C)(C)O2. The number of hydrogen-bond donors (Lipinski definition) is 1. The Bertz CT molecular complexity index is 603. The minimum absolute atomic E-state index is 0.00868. The van der Waals surface area contributed by atoms with Crippen molar-refractivity contribution in [2.75, 3.05) is 7.11 Å². The summed E-state index contributed by atoms with van der Waals surface area (Å²) >= 11 is 0. The molecule has 0 spiro atoms. The van der Waals surface area contributed by atoms with E-state index in [-0.39, 0.29) is 17.6 Å². The van der Waals surface area contributed by atoms with Crippen LogP contribution in [-0.2, 0) is 0 Å². The van der Waals surface area contributed by atoms with Crippen molar-refractivity contribution in [2.24, 2.45) is 5.92 Å². The molecule has 3 rings (SSSR count). The van der Waals surface area contributed by atoms with Crippen molar-refractivity contribution in [3.8, 4) is 17.2 Å². The fourth-order valence-corrected chi connectivity index (χ4v) is 2.88. The quantitative estimate of drug-likeness (QED) is 0.862. The molecule has 0 saturated carbocycles. The highest BCUT2D eigenvalue weighted by molar-refractivity contribution is 5.72. The molecule has 4 heteroatoms. The molecule has 1 N–H and O–H groups in total. The number of methoxy groups -OCH3 is 1. The average Bonchev–Trinajstić information content (AvgIpc) is 2.42. The number of hydrogen-bond acceptors (Lipinski definition) is 4. The topological polar surface area (TPSA) is 47.9 Å². The molecule has 0 aromatic heterocycles. The number of ether oxygens (including phenoxy) is 3. The number of benzene rings is 1. The van der Waals surface area contributed by atoms with Crippen LogP contribution in [0.1, 0.15) is 44.9 Å². The summed E-state index contributed by atoms with van der Waals surface area (Å²) in [4.78, 5) is 0. The van der Waals surface area contributed by atoms with Crippen molar-refractivity contribution in [2.45, 2.75) is 45.5 Å². The van der Waals surface area contributed by atoms with Gasteiger partial charge >= 0.3 is 0 Å². The molecule has 1 aromatic rings. The molecule has 0 unspecified atom stereocenters. The van der Waals surface area contributed by atoms with Crippen molar-refractivity contribution < 1.29 is 19.3 Å². The van der Waals surface area contributed by atoms with E-state index in [2.05, 4.69) is 0 Å². The van der Waals surface area contributed by atoms with Crippen molar-refractivity contribution in [3.05, 3.63) is 23.3 Å². The third-order valence-corrected chi connectivity index (χ3v) is 4.36. The van der Waals surface area contributed by atoms with Crippen LogP contribution in [0.4, 0.5) is 0 Å². The first kappa shape index (κ1) is 14.3. The van der Waals surface area contributed by atoms with Gasteiger partial charge in [0.1, 0.15) is 29.0 Å². The van der Waals surface area contributed by atoms with E-state index in [4.69, 9.17) is 14.2 Å². The predicted octanol–water partition coefficient (Wildman–Crippen LogP) is 3.33. The van der Waals surface area contributed by atoms with Gasteiger partial charge < -0.3 is 19.3 Å². The van der Waals surface area contributed by atoms with Crippen LogP contribution in [0.25, 0.3) is 6.08 Å². The molecular weight excluding hydrogens is 268 g/mol. The number of aliphatic hydroxyl groups is 1. The summed E-state index contributed by atoms with van der Waals surface area (Å²) in [6.07, 6.45) is 3.34. The van der Waals surface area contributed by atoms with E-state index < -0.39 is 6.10 Å². The molecule has 114 valence electrons. The molecule has 0 fully saturated rings. The summed E-state index contributed by atoms with van der Waals surface area (Å²) in [5.74, 6) is 2.02. The maximum Gasteiger partial charge on any atom is 0.140 e. The highest BCUT2D eigenvalue weighted by Crippen LogP contribution is 2.50.